The molecule has 12 heteroatoms. The van der Waals surface area contributed by atoms with Gasteiger partial charge in [0.25, 0.3) is 5.91 Å². The first kappa shape index (κ1) is 27.6. The van der Waals surface area contributed by atoms with Gasteiger partial charge in [-0.05, 0) is 72.4 Å². The molecule has 6 rings (SSSR count). The number of carbonyl (C=O) groups is 1. The zero-order chi connectivity index (χ0) is 28.7. The molecule has 1 aromatic carbocycles. The van der Waals surface area contributed by atoms with Gasteiger partial charge in [0.1, 0.15) is 12.3 Å². The van der Waals surface area contributed by atoms with E-state index >= 15 is 0 Å². The predicted molar refractivity (Wildman–Crippen MR) is 160 cm³/mol. The molecule has 0 spiro atoms. The molecule has 4 aromatic rings. The topological polar surface area (TPSA) is 101 Å². The summed E-state index contributed by atoms with van der Waals surface area (Å²) in [6, 6.07) is 6.09. The molecule has 2 aliphatic rings. The minimum absolute atomic E-state index is 0.0419. The average Bonchev–Trinajstić information content (AvgIpc) is 3.71. The second-order valence-corrected chi connectivity index (χ2v) is 11.5. The van der Waals surface area contributed by atoms with E-state index in [2.05, 4.69) is 43.8 Å². The molecule has 0 aliphatic carbocycles. The molecule has 0 radical (unpaired) electrons. The number of amides is 1. The maximum absolute atomic E-state index is 13.1. The summed E-state index contributed by atoms with van der Waals surface area (Å²) in [6.45, 7) is 4.03. The summed E-state index contributed by atoms with van der Waals surface area (Å²) < 4.78 is 24.4. The molecule has 5 heterocycles. The monoisotopic (exact) mass is 669 g/mol. The van der Waals surface area contributed by atoms with Crippen LogP contribution >= 0.6 is 22.6 Å². The van der Waals surface area contributed by atoms with Crippen molar-refractivity contribution in [3.63, 3.8) is 0 Å². The van der Waals surface area contributed by atoms with Crippen LogP contribution in [0.3, 0.4) is 0 Å². The first-order chi connectivity index (χ1) is 19.9. The Labute approximate surface area is 251 Å². The van der Waals surface area contributed by atoms with Crippen LogP contribution in [0.4, 0.5) is 0 Å². The Morgan fingerprint density at radius 3 is 2.76 bits per heavy atom. The first-order valence-electron chi connectivity index (χ1n) is 13.8. The number of halogens is 1. The molecule has 3 aromatic heterocycles. The molecule has 0 N–H and O–H groups in total. The fraction of sp³-hybridized carbons (Fsp3) is 0.448. The molecule has 1 unspecified atom stereocenters. The van der Waals surface area contributed by atoms with Crippen LogP contribution in [-0.2, 0) is 23.6 Å². The number of hydrogen-bond donors (Lipinski definition) is 0. The number of aryl methyl sites for hydroxylation is 3. The molecule has 0 saturated carbocycles. The Hall–Kier alpha value is -3.57. The van der Waals surface area contributed by atoms with E-state index in [-0.39, 0.29) is 12.1 Å². The summed E-state index contributed by atoms with van der Waals surface area (Å²) in [5, 5.41) is 14.4. The quantitative estimate of drug-likeness (QED) is 0.208. The average molecular weight is 670 g/mol. The van der Waals surface area contributed by atoms with Crippen LogP contribution < -0.4 is 9.47 Å². The highest BCUT2D eigenvalue weighted by atomic mass is 127. The molecular formula is C29H32IN7O4. The molecule has 0 bridgehead atoms. The summed E-state index contributed by atoms with van der Waals surface area (Å²) in [5.74, 6) is 3.93. The fourth-order valence-corrected chi connectivity index (χ4v) is 6.10. The molecule has 11 nitrogen and oxygen atoms in total. The lowest BCUT2D eigenvalue weighted by Crippen LogP contribution is -2.35. The predicted octanol–water partition coefficient (Wildman–Crippen LogP) is 3.82. The van der Waals surface area contributed by atoms with Gasteiger partial charge < -0.3 is 19.1 Å². The van der Waals surface area contributed by atoms with Gasteiger partial charge in [0.15, 0.2) is 12.3 Å². The van der Waals surface area contributed by atoms with Crippen molar-refractivity contribution in [1.29, 1.82) is 0 Å². The number of ether oxygens (including phenoxy) is 3. The van der Waals surface area contributed by atoms with E-state index in [0.29, 0.717) is 43.6 Å². The van der Waals surface area contributed by atoms with E-state index in [1.807, 2.05) is 43.9 Å². The van der Waals surface area contributed by atoms with Gasteiger partial charge in [0.2, 0.25) is 11.8 Å². The van der Waals surface area contributed by atoms with Gasteiger partial charge in [-0.2, -0.15) is 15.3 Å². The van der Waals surface area contributed by atoms with Crippen LogP contribution in [-0.4, -0.2) is 72.6 Å². The first-order valence-corrected chi connectivity index (χ1v) is 14.8. The van der Waals surface area contributed by atoms with E-state index in [4.69, 9.17) is 20.6 Å². The Kier molecular flexibility index (Phi) is 7.65. The number of carbonyl (C=O) groups excluding carboxylic acids is 1. The van der Waals surface area contributed by atoms with E-state index in [9.17, 15) is 4.79 Å². The molecule has 2 aliphatic heterocycles. The fourth-order valence-electron chi connectivity index (χ4n) is 5.51. The number of rotatable bonds is 8. The second-order valence-electron chi connectivity index (χ2n) is 10.4. The molecule has 41 heavy (non-hydrogen) atoms. The van der Waals surface area contributed by atoms with Gasteiger partial charge in [-0.25, -0.2) is 14.0 Å². The van der Waals surface area contributed by atoms with E-state index in [1.54, 1.807) is 20.5 Å². The van der Waals surface area contributed by atoms with Gasteiger partial charge in [0.05, 0.1) is 33.1 Å². The highest BCUT2D eigenvalue weighted by molar-refractivity contribution is 14.1. The number of likely N-dealkylation sites (tertiary alicyclic amines) is 1. The number of aromatic nitrogens is 6. The van der Waals surface area contributed by atoms with Gasteiger partial charge in [0, 0.05) is 39.1 Å². The summed E-state index contributed by atoms with van der Waals surface area (Å²) in [5.41, 5.74) is 4.18. The Balaban J connectivity index is 1.15. The van der Waals surface area contributed by atoms with E-state index in [1.165, 1.54) is 0 Å². The number of benzene rings is 1. The van der Waals surface area contributed by atoms with Crippen molar-refractivity contribution in [3.05, 3.63) is 39.4 Å². The van der Waals surface area contributed by atoms with Gasteiger partial charge >= 0.3 is 0 Å². The highest BCUT2D eigenvalue weighted by Gasteiger charge is 2.34. The standard InChI is InChI=1S/C29H32IN7O4/c1-5-22-20-16-19(9-10-23(20)37(33-22)25-8-6-7-14-39-25)21-17-31-34(3)28(21)40-15-13-36-12-11-24(27(36)38)41-29-26(30)18(2)32-35(29)4/h1,9-10,16-17,24-25H,6-8,11-15H2,2-4H3/t24-,25?/m1/s1. The van der Waals surface area contributed by atoms with Crippen molar-refractivity contribution in [3.8, 4) is 35.2 Å². The Morgan fingerprint density at radius 2 is 2.02 bits per heavy atom. The van der Waals surface area contributed by atoms with Crippen molar-refractivity contribution < 1.29 is 19.0 Å². The smallest absolute Gasteiger partial charge is 0.263 e. The maximum atomic E-state index is 13.1. The Morgan fingerprint density at radius 1 is 1.17 bits per heavy atom. The second kappa shape index (κ2) is 11.4. The Bertz CT molecular complexity index is 1640. The summed E-state index contributed by atoms with van der Waals surface area (Å²) in [7, 11) is 3.66. The zero-order valence-corrected chi connectivity index (χ0v) is 25.5. The van der Waals surface area contributed by atoms with Crippen LogP contribution in [0.1, 0.15) is 43.3 Å². The SMILES string of the molecule is C#Cc1nn(C2CCCCO2)c2ccc(-c3cnn(C)c3OCCN3CC[C@@H](Oc4c(I)c(C)nn4C)C3=O)cc12. The zero-order valence-electron chi connectivity index (χ0n) is 23.3. The lowest BCUT2D eigenvalue weighted by atomic mass is 10.1. The number of terminal acetylenes is 1. The molecular weight excluding hydrogens is 637 g/mol. The van der Waals surface area contributed by atoms with Crippen LogP contribution in [0, 0.1) is 22.8 Å². The van der Waals surface area contributed by atoms with E-state index < -0.39 is 6.10 Å². The van der Waals surface area contributed by atoms with Gasteiger partial charge in [-0.3, -0.25) is 4.79 Å². The third-order valence-electron chi connectivity index (χ3n) is 7.67. The van der Waals surface area contributed by atoms with Gasteiger partial charge in [-0.1, -0.05) is 6.07 Å². The van der Waals surface area contributed by atoms with Crippen LogP contribution in [0.25, 0.3) is 22.0 Å². The van der Waals surface area contributed by atoms with Crippen molar-refractivity contribution >= 4 is 39.4 Å². The number of nitrogens with zero attached hydrogens (tertiary/aromatic N) is 7. The highest BCUT2D eigenvalue weighted by Crippen LogP contribution is 2.35. The minimum Gasteiger partial charge on any atom is -0.476 e. The molecule has 1 amide bonds. The number of fused-ring (bicyclic) bond motifs is 1. The molecule has 2 saturated heterocycles. The normalized spacial score (nSPS) is 19.2. The molecule has 214 valence electrons. The maximum Gasteiger partial charge on any atom is 0.263 e. The molecule has 2 atom stereocenters. The third-order valence-corrected chi connectivity index (χ3v) is 8.91. The van der Waals surface area contributed by atoms with E-state index in [0.717, 1.165) is 57.2 Å². The molecule has 2 fully saturated rings. The van der Waals surface area contributed by atoms with Crippen molar-refractivity contribution in [2.45, 2.75) is 44.9 Å². The van der Waals surface area contributed by atoms with Crippen molar-refractivity contribution in [1.82, 2.24) is 34.2 Å². The van der Waals surface area contributed by atoms with Gasteiger partial charge in [-0.15, -0.1) is 6.42 Å². The summed E-state index contributed by atoms with van der Waals surface area (Å²) in [6.07, 6.45) is 10.7. The third kappa shape index (κ3) is 5.17. The lowest BCUT2D eigenvalue weighted by molar-refractivity contribution is -0.133. The van der Waals surface area contributed by atoms with Crippen molar-refractivity contribution in [2.24, 2.45) is 14.1 Å². The lowest BCUT2D eigenvalue weighted by Gasteiger charge is -2.23. The minimum atomic E-state index is -0.525. The summed E-state index contributed by atoms with van der Waals surface area (Å²) >= 11 is 2.20. The van der Waals surface area contributed by atoms with Crippen LogP contribution in [0.5, 0.6) is 11.8 Å². The van der Waals surface area contributed by atoms with Crippen LogP contribution in [0.15, 0.2) is 24.4 Å². The summed E-state index contributed by atoms with van der Waals surface area (Å²) in [4.78, 5) is 14.8. The van der Waals surface area contributed by atoms with Crippen LogP contribution in [0.2, 0.25) is 0 Å². The largest absolute Gasteiger partial charge is 0.476 e. The number of hydrogen-bond acceptors (Lipinski definition) is 7. The van der Waals surface area contributed by atoms with Crippen molar-refractivity contribution in [2.75, 3.05) is 26.3 Å².